The van der Waals surface area contributed by atoms with Crippen molar-refractivity contribution in [3.8, 4) is 0 Å². The van der Waals surface area contributed by atoms with Gasteiger partial charge < -0.3 is 15.2 Å². The Bertz CT molecular complexity index is 802. The van der Waals surface area contributed by atoms with Gasteiger partial charge in [0.1, 0.15) is 11.6 Å². The molecule has 3 aromatic rings. The predicted molar refractivity (Wildman–Crippen MR) is 86.0 cm³/mol. The van der Waals surface area contributed by atoms with Crippen LogP contribution in [0, 0.1) is 13.8 Å². The van der Waals surface area contributed by atoms with Crippen molar-refractivity contribution in [3.63, 3.8) is 0 Å². The standard InChI is InChI=1S/C15H14ClN5O/c1-9-8-14(21-22-9)19-13-6-7-17-15(20-13)18-12-5-3-4-11(16)10(12)2/h3-8H,1-2H3,(H2,17,18,19,20,21). The summed E-state index contributed by atoms with van der Waals surface area (Å²) in [7, 11) is 0. The molecule has 0 amide bonds. The Morgan fingerprint density at radius 2 is 1.95 bits per heavy atom. The molecule has 1 aromatic carbocycles. The van der Waals surface area contributed by atoms with Crippen LogP contribution < -0.4 is 10.6 Å². The van der Waals surface area contributed by atoms with Gasteiger partial charge in [-0.05, 0) is 37.6 Å². The summed E-state index contributed by atoms with van der Waals surface area (Å²) in [4.78, 5) is 8.59. The molecule has 0 unspecified atom stereocenters. The van der Waals surface area contributed by atoms with Crippen molar-refractivity contribution in [1.82, 2.24) is 15.1 Å². The van der Waals surface area contributed by atoms with E-state index >= 15 is 0 Å². The summed E-state index contributed by atoms with van der Waals surface area (Å²) in [6.45, 7) is 3.76. The molecule has 7 heteroatoms. The molecular formula is C15H14ClN5O. The van der Waals surface area contributed by atoms with Crippen LogP contribution in [0.3, 0.4) is 0 Å². The Hall–Kier alpha value is -2.60. The van der Waals surface area contributed by atoms with E-state index in [1.54, 1.807) is 18.3 Å². The molecule has 0 aliphatic heterocycles. The minimum absolute atomic E-state index is 0.468. The lowest BCUT2D eigenvalue weighted by Crippen LogP contribution is -2.01. The second-order valence-electron chi connectivity index (χ2n) is 4.75. The fourth-order valence-corrected chi connectivity index (χ4v) is 2.08. The third-order valence-corrected chi connectivity index (χ3v) is 3.46. The Morgan fingerprint density at radius 1 is 1.09 bits per heavy atom. The second kappa shape index (κ2) is 6.03. The molecule has 2 aromatic heterocycles. The van der Waals surface area contributed by atoms with Crippen LogP contribution in [0.15, 0.2) is 41.1 Å². The largest absolute Gasteiger partial charge is 0.360 e. The average molecular weight is 316 g/mol. The smallest absolute Gasteiger partial charge is 0.229 e. The zero-order chi connectivity index (χ0) is 15.5. The summed E-state index contributed by atoms with van der Waals surface area (Å²) >= 11 is 6.11. The number of nitrogens with zero attached hydrogens (tertiary/aromatic N) is 3. The van der Waals surface area contributed by atoms with Crippen LogP contribution in [0.5, 0.6) is 0 Å². The lowest BCUT2D eigenvalue weighted by molar-refractivity contribution is 0.400. The van der Waals surface area contributed by atoms with E-state index in [1.165, 1.54) is 0 Å². The Balaban J connectivity index is 1.80. The maximum atomic E-state index is 6.11. The zero-order valence-electron chi connectivity index (χ0n) is 12.1. The van der Waals surface area contributed by atoms with Crippen LogP contribution in [0.4, 0.5) is 23.3 Å². The molecule has 0 aliphatic carbocycles. The Morgan fingerprint density at radius 3 is 2.73 bits per heavy atom. The highest BCUT2D eigenvalue weighted by Crippen LogP contribution is 2.25. The number of benzene rings is 1. The number of rotatable bonds is 4. The maximum absolute atomic E-state index is 6.11. The van der Waals surface area contributed by atoms with E-state index in [-0.39, 0.29) is 0 Å². The molecule has 2 N–H and O–H groups in total. The van der Waals surface area contributed by atoms with Gasteiger partial charge in [-0.15, -0.1) is 0 Å². The molecule has 2 heterocycles. The van der Waals surface area contributed by atoms with Gasteiger partial charge in [0.15, 0.2) is 5.82 Å². The van der Waals surface area contributed by atoms with Crippen molar-refractivity contribution < 1.29 is 4.52 Å². The molecule has 0 aliphatic rings. The lowest BCUT2D eigenvalue weighted by Gasteiger charge is -2.10. The highest BCUT2D eigenvalue weighted by molar-refractivity contribution is 6.31. The van der Waals surface area contributed by atoms with Gasteiger partial charge in [0, 0.05) is 23.0 Å². The molecule has 0 saturated carbocycles. The minimum atomic E-state index is 0.468. The molecule has 3 rings (SSSR count). The molecule has 0 saturated heterocycles. The normalized spacial score (nSPS) is 10.5. The van der Waals surface area contributed by atoms with Crippen LogP contribution >= 0.6 is 11.6 Å². The third kappa shape index (κ3) is 3.17. The summed E-state index contributed by atoms with van der Waals surface area (Å²) < 4.78 is 5.01. The summed E-state index contributed by atoms with van der Waals surface area (Å²) in [6.07, 6.45) is 1.66. The van der Waals surface area contributed by atoms with Crippen LogP contribution in [0.25, 0.3) is 0 Å². The van der Waals surface area contributed by atoms with Crippen LogP contribution in [-0.2, 0) is 0 Å². The first-order valence-electron chi connectivity index (χ1n) is 6.67. The molecular weight excluding hydrogens is 302 g/mol. The van der Waals surface area contributed by atoms with Crippen molar-refractivity contribution in [3.05, 3.63) is 52.9 Å². The van der Waals surface area contributed by atoms with Gasteiger partial charge in [-0.2, -0.15) is 4.98 Å². The monoisotopic (exact) mass is 315 g/mol. The predicted octanol–water partition coefficient (Wildman–Crippen LogP) is 4.22. The van der Waals surface area contributed by atoms with E-state index in [9.17, 15) is 0 Å². The van der Waals surface area contributed by atoms with Gasteiger partial charge in [0.2, 0.25) is 5.95 Å². The highest BCUT2D eigenvalue weighted by Gasteiger charge is 2.06. The first-order chi connectivity index (χ1) is 10.6. The van der Waals surface area contributed by atoms with Crippen molar-refractivity contribution in [1.29, 1.82) is 0 Å². The van der Waals surface area contributed by atoms with Gasteiger partial charge in [0.25, 0.3) is 0 Å². The van der Waals surface area contributed by atoms with Gasteiger partial charge in [-0.3, -0.25) is 0 Å². The number of aromatic nitrogens is 3. The summed E-state index contributed by atoms with van der Waals surface area (Å²) in [6, 6.07) is 9.17. The molecule has 112 valence electrons. The van der Waals surface area contributed by atoms with Crippen LogP contribution in [-0.4, -0.2) is 15.1 Å². The first kappa shape index (κ1) is 14.3. The Labute approximate surface area is 132 Å². The summed E-state index contributed by atoms with van der Waals surface area (Å²) in [5.41, 5.74) is 1.81. The van der Waals surface area contributed by atoms with E-state index in [2.05, 4.69) is 25.8 Å². The third-order valence-electron chi connectivity index (χ3n) is 3.05. The van der Waals surface area contributed by atoms with Crippen molar-refractivity contribution in [2.75, 3.05) is 10.6 Å². The van der Waals surface area contributed by atoms with E-state index < -0.39 is 0 Å². The first-order valence-corrected chi connectivity index (χ1v) is 7.05. The summed E-state index contributed by atoms with van der Waals surface area (Å²) in [5.74, 6) is 2.41. The van der Waals surface area contributed by atoms with E-state index in [4.69, 9.17) is 16.1 Å². The van der Waals surface area contributed by atoms with Gasteiger partial charge in [-0.25, -0.2) is 4.98 Å². The molecule has 0 spiro atoms. The molecule has 0 fully saturated rings. The van der Waals surface area contributed by atoms with Crippen LogP contribution in [0.1, 0.15) is 11.3 Å². The topological polar surface area (TPSA) is 75.9 Å². The van der Waals surface area contributed by atoms with E-state index in [0.717, 1.165) is 17.0 Å². The number of hydrogen-bond donors (Lipinski definition) is 2. The minimum Gasteiger partial charge on any atom is -0.360 e. The molecule has 6 nitrogen and oxygen atoms in total. The van der Waals surface area contributed by atoms with Gasteiger partial charge in [-0.1, -0.05) is 22.8 Å². The number of hydrogen-bond acceptors (Lipinski definition) is 6. The van der Waals surface area contributed by atoms with Crippen molar-refractivity contribution in [2.45, 2.75) is 13.8 Å². The number of aryl methyl sites for hydroxylation is 1. The highest BCUT2D eigenvalue weighted by atomic mass is 35.5. The zero-order valence-corrected chi connectivity index (χ0v) is 12.8. The fourth-order valence-electron chi connectivity index (χ4n) is 1.91. The van der Waals surface area contributed by atoms with Crippen LogP contribution in [0.2, 0.25) is 5.02 Å². The maximum Gasteiger partial charge on any atom is 0.229 e. The quantitative estimate of drug-likeness (QED) is 0.750. The lowest BCUT2D eigenvalue weighted by atomic mass is 10.2. The Kier molecular flexibility index (Phi) is 3.93. The molecule has 0 radical (unpaired) electrons. The van der Waals surface area contributed by atoms with Gasteiger partial charge >= 0.3 is 0 Å². The van der Waals surface area contributed by atoms with Gasteiger partial charge in [0.05, 0.1) is 0 Å². The SMILES string of the molecule is Cc1cc(Nc2ccnc(Nc3cccc(Cl)c3C)n2)no1. The summed E-state index contributed by atoms with van der Waals surface area (Å²) in [5, 5.41) is 10.8. The second-order valence-corrected chi connectivity index (χ2v) is 5.16. The molecule has 0 bridgehead atoms. The molecule has 0 atom stereocenters. The van der Waals surface area contributed by atoms with E-state index in [0.29, 0.717) is 22.6 Å². The van der Waals surface area contributed by atoms with E-state index in [1.807, 2.05) is 32.0 Å². The number of nitrogens with one attached hydrogen (secondary N) is 2. The number of halogens is 1. The molecule has 22 heavy (non-hydrogen) atoms. The van der Waals surface area contributed by atoms with Crippen molar-refractivity contribution in [2.24, 2.45) is 0 Å². The fraction of sp³-hybridized carbons (Fsp3) is 0.133. The van der Waals surface area contributed by atoms with Crippen molar-refractivity contribution >= 4 is 34.9 Å². The average Bonchev–Trinajstić information content (AvgIpc) is 2.89. The number of anilines is 4.